The Morgan fingerprint density at radius 3 is 2.69 bits per heavy atom. The van der Waals surface area contributed by atoms with E-state index in [0.717, 1.165) is 19.3 Å². The zero-order valence-corrected chi connectivity index (χ0v) is 27.0. The van der Waals surface area contributed by atoms with Crippen LogP contribution in [0.4, 0.5) is 4.79 Å². The number of hydrogen-bond donors (Lipinski definition) is 4. The number of allylic oxidation sites excluding steroid dienone is 1. The van der Waals surface area contributed by atoms with Gasteiger partial charge in [-0.25, -0.2) is 9.59 Å². The van der Waals surface area contributed by atoms with E-state index in [-0.39, 0.29) is 36.9 Å². The Morgan fingerprint density at radius 2 is 1.98 bits per heavy atom. The van der Waals surface area contributed by atoms with Crippen molar-refractivity contribution in [1.29, 1.82) is 0 Å². The van der Waals surface area contributed by atoms with E-state index in [4.69, 9.17) is 4.74 Å². The molecule has 4 N–H and O–H groups in total. The fraction of sp³-hybridized carbons (Fsp3) is 0.567. The molecule has 0 unspecified atom stereocenters. The van der Waals surface area contributed by atoms with Crippen molar-refractivity contribution >= 4 is 39.8 Å². The predicted octanol–water partition coefficient (Wildman–Crippen LogP) is 3.32. The van der Waals surface area contributed by atoms with Gasteiger partial charge >= 0.3 is 12.1 Å². The zero-order chi connectivity index (χ0) is 32.5. The van der Waals surface area contributed by atoms with Gasteiger partial charge < -0.3 is 30.5 Å². The SMILES string of the molecule is CC(C)(C)OC(=O)N[C@H]1CCCCCC=C[C@@H]2C[C@@]2(C(=O)O)NC(=O)[C@@H]2C[C@@H](n3nnc(-c4ccc(O)c(Br)c4)n3)CN2C1=O. The molecular formula is C30H38BrN7O7. The molecule has 2 fully saturated rings. The van der Waals surface area contributed by atoms with E-state index >= 15 is 0 Å². The molecule has 1 saturated heterocycles. The number of phenols is 1. The predicted molar refractivity (Wildman–Crippen MR) is 164 cm³/mol. The first-order valence-corrected chi connectivity index (χ1v) is 15.9. The van der Waals surface area contributed by atoms with Crippen LogP contribution in [-0.4, -0.2) is 89.0 Å². The number of carbonyl (C=O) groups is 4. The molecule has 1 aromatic carbocycles. The molecule has 3 aliphatic rings. The van der Waals surface area contributed by atoms with Crippen molar-refractivity contribution in [3.05, 3.63) is 34.8 Å². The van der Waals surface area contributed by atoms with Crippen molar-refractivity contribution in [2.75, 3.05) is 6.54 Å². The molecule has 2 aliphatic heterocycles. The lowest BCUT2D eigenvalue weighted by Crippen LogP contribution is -2.56. The van der Waals surface area contributed by atoms with Crippen LogP contribution in [0.5, 0.6) is 5.75 Å². The third-order valence-corrected chi connectivity index (χ3v) is 8.92. The Bertz CT molecular complexity index is 1510. The number of aliphatic carboxylic acids is 1. The summed E-state index contributed by atoms with van der Waals surface area (Å²) in [7, 11) is 0. The maximum atomic E-state index is 14.1. The van der Waals surface area contributed by atoms with Gasteiger partial charge in [0.15, 0.2) is 0 Å². The summed E-state index contributed by atoms with van der Waals surface area (Å²) < 4.78 is 5.88. The smallest absolute Gasteiger partial charge is 0.408 e. The van der Waals surface area contributed by atoms with Crippen LogP contribution in [0, 0.1) is 5.92 Å². The van der Waals surface area contributed by atoms with Crippen LogP contribution in [0.15, 0.2) is 34.8 Å². The zero-order valence-electron chi connectivity index (χ0n) is 25.4. The molecule has 0 bridgehead atoms. The summed E-state index contributed by atoms with van der Waals surface area (Å²) in [6.07, 6.45) is 6.75. The standard InChI is InChI=1S/C30H38BrN7O7/c1-29(2,3)45-28(44)32-21-10-8-6-4-5-7-9-18-15-30(18,27(42)43)33-25(40)22-14-19(16-37(22)26(21)41)38-35-24(34-36-38)17-11-12-23(39)20(31)13-17/h7,9,11-13,18-19,21-22,39H,4-6,8,10,14-16H2,1-3H3,(H,32,44)(H,33,40)(H,42,43)/t18-,19-,21+,22+,30-/m1/s1. The molecule has 242 valence electrons. The Morgan fingerprint density at radius 1 is 1.20 bits per heavy atom. The van der Waals surface area contributed by atoms with Gasteiger partial charge in [0.1, 0.15) is 29.0 Å². The lowest BCUT2D eigenvalue weighted by Gasteiger charge is -2.30. The summed E-state index contributed by atoms with van der Waals surface area (Å²) >= 11 is 3.28. The number of aromatic hydroxyl groups is 1. The average molecular weight is 689 g/mol. The van der Waals surface area contributed by atoms with Gasteiger partial charge in [0.25, 0.3) is 0 Å². The van der Waals surface area contributed by atoms with E-state index < -0.39 is 53.1 Å². The molecule has 5 atom stereocenters. The second-order valence-corrected chi connectivity index (χ2v) is 13.7. The van der Waals surface area contributed by atoms with Gasteiger partial charge in [0.2, 0.25) is 17.6 Å². The second kappa shape index (κ2) is 12.8. The number of amides is 3. The summed E-state index contributed by atoms with van der Waals surface area (Å²) in [6.45, 7) is 5.21. The van der Waals surface area contributed by atoms with Gasteiger partial charge in [-0.1, -0.05) is 25.0 Å². The van der Waals surface area contributed by atoms with Crippen molar-refractivity contribution in [3.63, 3.8) is 0 Å². The van der Waals surface area contributed by atoms with E-state index in [2.05, 4.69) is 42.0 Å². The van der Waals surface area contributed by atoms with E-state index in [0.29, 0.717) is 22.9 Å². The number of halogens is 1. The van der Waals surface area contributed by atoms with Crippen molar-refractivity contribution in [3.8, 4) is 17.1 Å². The van der Waals surface area contributed by atoms with Crippen LogP contribution in [-0.2, 0) is 19.1 Å². The molecule has 3 heterocycles. The number of rotatable bonds is 4. The average Bonchev–Trinajstić information content (AvgIpc) is 3.28. The molecule has 2 aromatic rings. The van der Waals surface area contributed by atoms with Crippen LogP contribution >= 0.6 is 15.9 Å². The number of tetrazole rings is 1. The third-order valence-electron chi connectivity index (χ3n) is 8.29. The lowest BCUT2D eigenvalue weighted by molar-refractivity contribution is -0.145. The van der Waals surface area contributed by atoms with E-state index in [9.17, 15) is 29.4 Å². The summed E-state index contributed by atoms with van der Waals surface area (Å²) in [6, 6.07) is 2.19. The van der Waals surface area contributed by atoms with Crippen LogP contribution in [0.25, 0.3) is 11.4 Å². The maximum Gasteiger partial charge on any atom is 0.408 e. The summed E-state index contributed by atoms with van der Waals surface area (Å²) in [5, 5.41) is 38.2. The Hall–Kier alpha value is -4.01. The minimum Gasteiger partial charge on any atom is -0.507 e. The summed E-state index contributed by atoms with van der Waals surface area (Å²) in [5.74, 6) is -2.23. The lowest BCUT2D eigenvalue weighted by atomic mass is 10.0. The Labute approximate surface area is 268 Å². The third kappa shape index (κ3) is 7.29. The molecule has 0 spiro atoms. The number of fused-ring (bicyclic) bond motifs is 2. The summed E-state index contributed by atoms with van der Waals surface area (Å²) in [4.78, 5) is 55.8. The number of carboxylic acids is 1. The molecule has 1 aromatic heterocycles. The number of alkyl carbamates (subject to hydrolysis) is 1. The number of benzene rings is 1. The minimum absolute atomic E-state index is 0.0297. The number of phenolic OH excluding ortho intramolecular Hbond substituents is 1. The largest absolute Gasteiger partial charge is 0.507 e. The highest BCUT2D eigenvalue weighted by Crippen LogP contribution is 2.45. The number of nitrogens with zero attached hydrogens (tertiary/aromatic N) is 5. The summed E-state index contributed by atoms with van der Waals surface area (Å²) in [5.41, 5.74) is -1.64. The first-order valence-electron chi connectivity index (χ1n) is 15.1. The topological polar surface area (TPSA) is 189 Å². The number of carbonyl (C=O) groups excluding carboxylic acids is 3. The normalized spacial score (nSPS) is 27.4. The quantitative estimate of drug-likeness (QED) is 0.347. The van der Waals surface area contributed by atoms with Gasteiger partial charge in [-0.15, -0.1) is 10.2 Å². The molecule has 14 nitrogen and oxygen atoms in total. The molecule has 3 amide bonds. The van der Waals surface area contributed by atoms with Gasteiger partial charge in [0, 0.05) is 24.4 Å². The highest BCUT2D eigenvalue weighted by atomic mass is 79.9. The maximum absolute atomic E-state index is 14.1. The first kappa shape index (κ1) is 32.4. The van der Waals surface area contributed by atoms with E-state index in [1.807, 2.05) is 12.2 Å². The van der Waals surface area contributed by atoms with Crippen molar-refractivity contribution < 1.29 is 34.1 Å². The first-order chi connectivity index (χ1) is 21.3. The molecule has 1 saturated carbocycles. The number of carboxylic acid groups (broad SMARTS) is 1. The molecule has 5 rings (SSSR count). The molecule has 15 heteroatoms. The van der Waals surface area contributed by atoms with Crippen molar-refractivity contribution in [1.82, 2.24) is 35.7 Å². The number of hydrogen-bond acceptors (Lipinski definition) is 9. The van der Waals surface area contributed by atoms with Crippen LogP contribution < -0.4 is 10.6 Å². The van der Waals surface area contributed by atoms with Gasteiger partial charge in [0.05, 0.1) is 10.5 Å². The molecular weight excluding hydrogens is 650 g/mol. The molecule has 1 aliphatic carbocycles. The van der Waals surface area contributed by atoms with E-state index in [1.165, 1.54) is 15.8 Å². The van der Waals surface area contributed by atoms with Gasteiger partial charge in [-0.3, -0.25) is 9.59 Å². The second-order valence-electron chi connectivity index (χ2n) is 12.8. The van der Waals surface area contributed by atoms with Crippen LogP contribution in [0.2, 0.25) is 0 Å². The minimum atomic E-state index is -1.44. The fourth-order valence-electron chi connectivity index (χ4n) is 5.84. The number of ether oxygens (including phenoxy) is 1. The van der Waals surface area contributed by atoms with Crippen LogP contribution in [0.1, 0.15) is 71.8 Å². The Balaban J connectivity index is 1.45. The number of nitrogens with one attached hydrogen (secondary N) is 2. The van der Waals surface area contributed by atoms with Crippen molar-refractivity contribution in [2.45, 2.75) is 95.0 Å². The van der Waals surface area contributed by atoms with E-state index in [1.54, 1.807) is 32.9 Å². The monoisotopic (exact) mass is 687 g/mol. The highest BCUT2D eigenvalue weighted by Gasteiger charge is 2.61. The molecule has 0 radical (unpaired) electrons. The van der Waals surface area contributed by atoms with Gasteiger partial charge in [-0.2, -0.15) is 4.80 Å². The number of aromatic nitrogens is 4. The fourth-order valence-corrected chi connectivity index (χ4v) is 6.22. The van der Waals surface area contributed by atoms with Crippen molar-refractivity contribution in [2.24, 2.45) is 5.92 Å². The molecule has 45 heavy (non-hydrogen) atoms. The van der Waals surface area contributed by atoms with Gasteiger partial charge in [-0.05, 0) is 85.8 Å². The highest BCUT2D eigenvalue weighted by molar-refractivity contribution is 9.10. The Kier molecular flexibility index (Phi) is 9.19. The van der Waals surface area contributed by atoms with Crippen LogP contribution in [0.3, 0.4) is 0 Å².